The largest absolute Gasteiger partial charge is 0.463 e. The Labute approximate surface area is 242 Å². The average Bonchev–Trinajstić information content (AvgIpc) is 3.40. The second-order valence-corrected chi connectivity index (χ2v) is 10.6. The van der Waals surface area contributed by atoms with E-state index in [0.29, 0.717) is 65.1 Å². The van der Waals surface area contributed by atoms with Crippen LogP contribution in [0.2, 0.25) is 10.0 Å². The van der Waals surface area contributed by atoms with Crippen molar-refractivity contribution in [2.75, 3.05) is 46.6 Å². The smallest absolute Gasteiger partial charge is 0.338 e. The molecule has 0 radical (unpaired) electrons. The molecule has 0 spiro atoms. The highest BCUT2D eigenvalue weighted by Gasteiger charge is 2.39. The minimum atomic E-state index is -0.838. The lowest BCUT2D eigenvalue weighted by atomic mass is 9.94. The molecule has 2 aromatic carbocycles. The molecule has 2 atom stereocenters. The van der Waals surface area contributed by atoms with Crippen molar-refractivity contribution in [3.8, 4) is 11.5 Å². The molecule has 0 saturated carbocycles. The van der Waals surface area contributed by atoms with Crippen LogP contribution in [0.1, 0.15) is 35.8 Å². The second-order valence-electron chi connectivity index (χ2n) is 9.82. The van der Waals surface area contributed by atoms with Gasteiger partial charge in [0.1, 0.15) is 0 Å². The average molecular weight is 589 g/mol. The number of carbonyl (C=O) groups excluding carboxylic acids is 3. The highest BCUT2D eigenvalue weighted by molar-refractivity contribution is 6.42. The first-order valence-corrected chi connectivity index (χ1v) is 13.8. The summed E-state index contributed by atoms with van der Waals surface area (Å²) in [6.07, 6.45) is 0. The maximum absolute atomic E-state index is 13.3. The van der Waals surface area contributed by atoms with Gasteiger partial charge in [0.05, 0.1) is 28.3 Å². The standard InChI is InChI=1S/C28H30Cl2N4O6/c1-4-38-27(36)23-20(32(3)28(37)31-25(23)18-6-5-7-19(29)24(18)30)14-33-10-11-34(16(2)13-33)26(35)17-8-9-21-22(12-17)40-15-39-21/h5-9,12,16,25H,4,10-11,13-15H2,1-3H3,(H,31,37). The van der Waals surface area contributed by atoms with Gasteiger partial charge in [-0.2, -0.15) is 0 Å². The van der Waals surface area contributed by atoms with Gasteiger partial charge in [0.15, 0.2) is 11.5 Å². The third-order valence-electron chi connectivity index (χ3n) is 7.33. The van der Waals surface area contributed by atoms with Crippen LogP contribution in [0.5, 0.6) is 11.5 Å². The Bertz CT molecular complexity index is 1380. The summed E-state index contributed by atoms with van der Waals surface area (Å²) in [5, 5.41) is 3.44. The summed E-state index contributed by atoms with van der Waals surface area (Å²) in [4.78, 5) is 45.1. The predicted molar refractivity (Wildman–Crippen MR) is 149 cm³/mol. The van der Waals surface area contributed by atoms with Crippen LogP contribution >= 0.6 is 23.2 Å². The Morgan fingerprint density at radius 2 is 1.90 bits per heavy atom. The number of rotatable bonds is 6. The first kappa shape index (κ1) is 28.1. The molecule has 12 heteroatoms. The van der Waals surface area contributed by atoms with Crippen molar-refractivity contribution in [3.05, 3.63) is 68.8 Å². The number of benzene rings is 2. The lowest BCUT2D eigenvalue weighted by Crippen LogP contribution is -2.56. The maximum atomic E-state index is 13.3. The van der Waals surface area contributed by atoms with E-state index in [1.54, 1.807) is 50.4 Å². The number of nitrogens with one attached hydrogen (secondary N) is 1. The number of likely N-dealkylation sites (N-methyl/N-ethyl adjacent to an activating group) is 1. The van der Waals surface area contributed by atoms with Gasteiger partial charge in [-0.15, -0.1) is 0 Å². The molecule has 0 aromatic heterocycles. The number of fused-ring (bicyclic) bond motifs is 1. The number of piperazine rings is 1. The molecule has 1 N–H and O–H groups in total. The van der Waals surface area contributed by atoms with Crippen LogP contribution in [-0.4, -0.2) is 85.3 Å². The minimum absolute atomic E-state index is 0.0956. The molecular weight excluding hydrogens is 559 g/mol. The van der Waals surface area contributed by atoms with E-state index >= 15 is 0 Å². The first-order chi connectivity index (χ1) is 19.2. The molecule has 212 valence electrons. The summed E-state index contributed by atoms with van der Waals surface area (Å²) in [7, 11) is 1.61. The number of hydrogen-bond donors (Lipinski definition) is 1. The van der Waals surface area contributed by atoms with Crippen molar-refractivity contribution in [1.29, 1.82) is 0 Å². The molecule has 2 aromatic rings. The number of carbonyl (C=O) groups is 3. The zero-order valence-corrected chi connectivity index (χ0v) is 23.9. The molecule has 0 bridgehead atoms. The molecule has 3 aliphatic rings. The summed E-state index contributed by atoms with van der Waals surface area (Å²) < 4.78 is 16.2. The molecule has 3 aliphatic heterocycles. The van der Waals surface area contributed by atoms with Gasteiger partial charge in [0, 0.05) is 50.5 Å². The molecule has 2 unspecified atom stereocenters. The van der Waals surface area contributed by atoms with Crippen molar-refractivity contribution in [2.24, 2.45) is 0 Å². The van der Waals surface area contributed by atoms with E-state index in [0.717, 1.165) is 0 Å². The Kier molecular flexibility index (Phi) is 8.11. The van der Waals surface area contributed by atoms with Crippen LogP contribution in [0.15, 0.2) is 47.7 Å². The van der Waals surface area contributed by atoms with E-state index in [9.17, 15) is 14.4 Å². The Balaban J connectivity index is 1.40. The van der Waals surface area contributed by atoms with Gasteiger partial charge in [-0.1, -0.05) is 35.3 Å². The number of esters is 1. The van der Waals surface area contributed by atoms with Crippen molar-refractivity contribution in [2.45, 2.75) is 25.9 Å². The summed E-state index contributed by atoms with van der Waals surface area (Å²) in [5.74, 6) is 0.540. The zero-order valence-electron chi connectivity index (χ0n) is 22.4. The monoisotopic (exact) mass is 588 g/mol. The Hall–Kier alpha value is -3.47. The normalized spacial score (nSPS) is 21.0. The lowest BCUT2D eigenvalue weighted by molar-refractivity contribution is -0.139. The topological polar surface area (TPSA) is 101 Å². The van der Waals surface area contributed by atoms with Crippen LogP contribution in [0.3, 0.4) is 0 Å². The number of amides is 3. The van der Waals surface area contributed by atoms with Crippen molar-refractivity contribution in [1.82, 2.24) is 20.0 Å². The summed E-state index contributed by atoms with van der Waals surface area (Å²) in [6, 6.07) is 8.93. The van der Waals surface area contributed by atoms with E-state index in [-0.39, 0.29) is 36.4 Å². The highest BCUT2D eigenvalue weighted by Crippen LogP contribution is 2.38. The predicted octanol–water partition coefficient (Wildman–Crippen LogP) is 4.08. The van der Waals surface area contributed by atoms with Crippen LogP contribution in [0, 0.1) is 0 Å². The van der Waals surface area contributed by atoms with Crippen molar-refractivity contribution < 1.29 is 28.6 Å². The molecule has 3 amide bonds. The lowest BCUT2D eigenvalue weighted by Gasteiger charge is -2.42. The molecule has 3 heterocycles. The Morgan fingerprint density at radius 1 is 1.12 bits per heavy atom. The fourth-order valence-corrected chi connectivity index (χ4v) is 5.68. The van der Waals surface area contributed by atoms with Gasteiger partial charge in [-0.05, 0) is 43.7 Å². The van der Waals surface area contributed by atoms with E-state index in [4.69, 9.17) is 37.4 Å². The molecule has 40 heavy (non-hydrogen) atoms. The fraction of sp³-hybridized carbons (Fsp3) is 0.393. The number of hydrogen-bond acceptors (Lipinski definition) is 7. The summed E-state index contributed by atoms with van der Waals surface area (Å²) >= 11 is 12.8. The van der Waals surface area contributed by atoms with Crippen LogP contribution in [-0.2, 0) is 9.53 Å². The van der Waals surface area contributed by atoms with Crippen LogP contribution in [0.4, 0.5) is 4.79 Å². The molecule has 0 aliphatic carbocycles. The molecule has 10 nitrogen and oxygen atoms in total. The number of urea groups is 1. The minimum Gasteiger partial charge on any atom is -0.463 e. The van der Waals surface area contributed by atoms with Gasteiger partial charge in [-0.3, -0.25) is 14.6 Å². The van der Waals surface area contributed by atoms with Gasteiger partial charge in [-0.25, -0.2) is 9.59 Å². The van der Waals surface area contributed by atoms with Gasteiger partial charge < -0.3 is 24.4 Å². The first-order valence-electron chi connectivity index (χ1n) is 13.0. The van der Waals surface area contributed by atoms with E-state index in [1.807, 2.05) is 11.8 Å². The number of ether oxygens (including phenoxy) is 3. The summed E-state index contributed by atoms with van der Waals surface area (Å²) in [5.41, 5.74) is 1.83. The van der Waals surface area contributed by atoms with Crippen molar-refractivity contribution >= 4 is 41.1 Å². The SMILES string of the molecule is CCOC(=O)C1=C(CN2CCN(C(=O)c3ccc4c(c3)OCO4)C(C)C2)N(C)C(=O)NC1c1cccc(Cl)c1Cl. The molecule has 1 fully saturated rings. The number of nitrogens with zero attached hydrogens (tertiary/aromatic N) is 3. The van der Waals surface area contributed by atoms with E-state index in [1.165, 1.54) is 4.90 Å². The molecule has 1 saturated heterocycles. The summed E-state index contributed by atoms with van der Waals surface area (Å²) in [6.45, 7) is 5.85. The van der Waals surface area contributed by atoms with Crippen LogP contribution < -0.4 is 14.8 Å². The Morgan fingerprint density at radius 3 is 2.65 bits per heavy atom. The van der Waals surface area contributed by atoms with E-state index in [2.05, 4.69) is 10.2 Å². The van der Waals surface area contributed by atoms with E-state index < -0.39 is 12.0 Å². The third kappa shape index (κ3) is 5.31. The second kappa shape index (κ2) is 11.6. The quantitative estimate of drug-likeness (QED) is 0.507. The molecule has 5 rings (SSSR count). The van der Waals surface area contributed by atoms with Crippen LogP contribution in [0.25, 0.3) is 0 Å². The maximum Gasteiger partial charge on any atom is 0.338 e. The van der Waals surface area contributed by atoms with Gasteiger partial charge in [0.2, 0.25) is 6.79 Å². The highest BCUT2D eigenvalue weighted by atomic mass is 35.5. The van der Waals surface area contributed by atoms with Gasteiger partial charge in [0.25, 0.3) is 5.91 Å². The van der Waals surface area contributed by atoms with Gasteiger partial charge >= 0.3 is 12.0 Å². The third-order valence-corrected chi connectivity index (χ3v) is 8.16. The zero-order chi connectivity index (χ0) is 28.6. The fourth-order valence-electron chi connectivity index (χ4n) is 5.26. The number of halogens is 2. The van der Waals surface area contributed by atoms with Crippen molar-refractivity contribution in [3.63, 3.8) is 0 Å². The molecular formula is C28H30Cl2N4O6.